The minimum absolute atomic E-state index is 0.124. The lowest BCUT2D eigenvalue weighted by molar-refractivity contribution is -0.305. The minimum atomic E-state index is -1.62. The van der Waals surface area contributed by atoms with Crippen molar-refractivity contribution in [3.8, 4) is 0 Å². The lowest BCUT2D eigenvalue weighted by atomic mass is 9.99. The first-order valence-electron chi connectivity index (χ1n) is 39.7. The van der Waals surface area contributed by atoms with Gasteiger partial charge in [-0.05, 0) is 96.3 Å². The molecule has 1 aliphatic rings. The summed E-state index contributed by atoms with van der Waals surface area (Å²) in [4.78, 5) is 26.8. The zero-order chi connectivity index (χ0) is 67.4. The van der Waals surface area contributed by atoms with Crippen molar-refractivity contribution in [1.29, 1.82) is 0 Å². The lowest BCUT2D eigenvalue weighted by Gasteiger charge is -2.41. The van der Waals surface area contributed by atoms with Crippen LogP contribution < -0.4 is 5.32 Å². The highest BCUT2D eigenvalue weighted by molar-refractivity contribution is 5.80. The smallest absolute Gasteiger partial charge is 0.306 e. The predicted molar refractivity (Wildman–Crippen MR) is 393 cm³/mol. The van der Waals surface area contributed by atoms with Crippen molar-refractivity contribution < 1.29 is 49.3 Å². The maximum absolute atomic E-state index is 13.5. The van der Waals surface area contributed by atoms with Crippen LogP contribution in [0.15, 0.2) is 72.9 Å². The van der Waals surface area contributed by atoms with E-state index in [1.54, 1.807) is 6.08 Å². The molecule has 6 N–H and O–H groups in total. The standard InChI is InChI=1S/C82H149NO10/c1-4-7-10-13-16-19-22-25-27-29-31-33-35-37-38-39-41-43-45-47-49-52-55-58-61-64-67-70-77(87)93-80-79(89)78(88)76(71-84)92-82(80)91-72-73(74(85)68-65-62-59-56-53-50-24-21-18-15-12-9-6-3)83-81(90)75(86)69-66-63-60-57-54-51-48-46-44-42-40-36-34-32-30-28-26-23-20-17-14-11-8-5-2/h17,20,25-28,32,34,40,42,65,68,73-76,78-80,82,84-86,88-89H,4-16,18-19,21-24,29-31,33,35-39,41,43-64,66-67,69-72H2,1-3H3,(H,83,90)/b20-17-,27-25+,28-26-,34-32-,42-40-,68-65+. The van der Waals surface area contributed by atoms with Crippen LogP contribution in [-0.4, -0.2) is 99.6 Å². The van der Waals surface area contributed by atoms with Crippen LogP contribution in [0.5, 0.6) is 0 Å². The third-order valence-corrected chi connectivity index (χ3v) is 18.6. The largest absolute Gasteiger partial charge is 0.454 e. The van der Waals surface area contributed by atoms with Crippen LogP contribution in [-0.2, 0) is 23.8 Å². The van der Waals surface area contributed by atoms with Gasteiger partial charge in [0.15, 0.2) is 12.4 Å². The first-order chi connectivity index (χ1) is 45.7. The zero-order valence-corrected chi connectivity index (χ0v) is 60.6. The number of ether oxygens (including phenoxy) is 3. The molecule has 0 aliphatic carbocycles. The Morgan fingerprint density at radius 1 is 0.419 bits per heavy atom. The van der Waals surface area contributed by atoms with Gasteiger partial charge in [0.25, 0.3) is 0 Å². The summed E-state index contributed by atoms with van der Waals surface area (Å²) in [5.41, 5.74) is 0. The predicted octanol–water partition coefficient (Wildman–Crippen LogP) is 21.4. The van der Waals surface area contributed by atoms with Gasteiger partial charge in [0.05, 0.1) is 25.4 Å². The van der Waals surface area contributed by atoms with Crippen molar-refractivity contribution in [2.24, 2.45) is 0 Å². The van der Waals surface area contributed by atoms with Crippen LogP contribution in [0.1, 0.15) is 374 Å². The topological polar surface area (TPSA) is 175 Å². The number of aliphatic hydroxyl groups excluding tert-OH is 5. The fraction of sp³-hybridized carbons (Fsp3) is 0.829. The number of aliphatic hydroxyl groups is 5. The molecule has 1 amide bonds. The molecule has 0 spiro atoms. The Morgan fingerprint density at radius 2 is 0.742 bits per heavy atom. The number of hydrogen-bond donors (Lipinski definition) is 6. The van der Waals surface area contributed by atoms with Gasteiger partial charge < -0.3 is 45.1 Å². The van der Waals surface area contributed by atoms with Crippen LogP contribution in [0, 0.1) is 0 Å². The maximum atomic E-state index is 13.5. The van der Waals surface area contributed by atoms with E-state index in [1.165, 1.54) is 244 Å². The third kappa shape index (κ3) is 55.8. The Hall–Kier alpha value is -2.90. The number of rotatable bonds is 69. The summed E-state index contributed by atoms with van der Waals surface area (Å²) in [6, 6.07) is -1.03. The maximum Gasteiger partial charge on any atom is 0.306 e. The summed E-state index contributed by atoms with van der Waals surface area (Å²) < 4.78 is 17.8. The van der Waals surface area contributed by atoms with E-state index >= 15 is 0 Å². The van der Waals surface area contributed by atoms with Gasteiger partial charge in [-0.1, -0.05) is 344 Å². The van der Waals surface area contributed by atoms with E-state index in [4.69, 9.17) is 14.2 Å². The highest BCUT2D eigenvalue weighted by Gasteiger charge is 2.47. The lowest BCUT2D eigenvalue weighted by Crippen LogP contribution is -2.61. The molecule has 0 radical (unpaired) electrons. The second-order valence-electron chi connectivity index (χ2n) is 27.4. The van der Waals surface area contributed by atoms with Crippen molar-refractivity contribution in [3.63, 3.8) is 0 Å². The number of allylic oxidation sites excluding steroid dienone is 11. The fourth-order valence-electron chi connectivity index (χ4n) is 12.3. The first kappa shape index (κ1) is 88.1. The van der Waals surface area contributed by atoms with Crippen molar-refractivity contribution in [1.82, 2.24) is 5.32 Å². The number of nitrogens with one attached hydrogen (secondary N) is 1. The minimum Gasteiger partial charge on any atom is -0.454 e. The van der Waals surface area contributed by atoms with Crippen LogP contribution in [0.2, 0.25) is 0 Å². The summed E-state index contributed by atoms with van der Waals surface area (Å²) >= 11 is 0. The molecule has 11 nitrogen and oxygen atoms in total. The van der Waals surface area contributed by atoms with E-state index in [0.717, 1.165) is 83.5 Å². The highest BCUT2D eigenvalue weighted by Crippen LogP contribution is 2.27. The number of hydrogen-bond acceptors (Lipinski definition) is 10. The Kier molecular flexibility index (Phi) is 65.4. The summed E-state index contributed by atoms with van der Waals surface area (Å²) in [5.74, 6) is -1.19. The van der Waals surface area contributed by atoms with Gasteiger partial charge in [-0.15, -0.1) is 0 Å². The number of esters is 1. The van der Waals surface area contributed by atoms with E-state index in [0.29, 0.717) is 12.8 Å². The van der Waals surface area contributed by atoms with Crippen molar-refractivity contribution in [3.05, 3.63) is 72.9 Å². The first-order valence-corrected chi connectivity index (χ1v) is 39.7. The van der Waals surface area contributed by atoms with Gasteiger partial charge in [0.1, 0.15) is 24.4 Å². The third-order valence-electron chi connectivity index (χ3n) is 18.6. The monoisotopic (exact) mass is 1310 g/mol. The molecule has 0 aromatic carbocycles. The van der Waals surface area contributed by atoms with E-state index in [2.05, 4.69) is 86.8 Å². The molecule has 0 aromatic heterocycles. The number of amides is 1. The molecule has 1 fully saturated rings. The fourth-order valence-corrected chi connectivity index (χ4v) is 12.3. The molecule has 1 aliphatic heterocycles. The van der Waals surface area contributed by atoms with Crippen LogP contribution in [0.25, 0.3) is 0 Å². The average Bonchev–Trinajstić information content (AvgIpc) is 0.918. The quantitative estimate of drug-likeness (QED) is 0.0195. The van der Waals surface area contributed by atoms with Crippen LogP contribution >= 0.6 is 0 Å². The van der Waals surface area contributed by atoms with Crippen molar-refractivity contribution >= 4 is 11.9 Å². The van der Waals surface area contributed by atoms with Gasteiger partial charge in [-0.3, -0.25) is 9.59 Å². The summed E-state index contributed by atoms with van der Waals surface area (Å²) in [5, 5.41) is 57.4. The van der Waals surface area contributed by atoms with E-state index in [1.807, 2.05) is 6.08 Å². The van der Waals surface area contributed by atoms with Gasteiger partial charge in [-0.2, -0.15) is 0 Å². The SMILES string of the molecule is CCCCC/C=C\C/C=C\C/C=C\C/C=C\CCCCCCCCCCC(O)C(=O)NC(COC1OC(CO)C(O)C(O)C1OC(=O)CCCCCCCCCCCCCCCCCCC/C=C/CCCCCCCC)C(O)/C=C/CCCCCCCCCCCCC. The average molecular weight is 1310 g/mol. The van der Waals surface area contributed by atoms with E-state index in [9.17, 15) is 35.1 Å². The molecule has 8 atom stereocenters. The molecular weight excluding hydrogens is 1160 g/mol. The molecule has 11 heteroatoms. The number of unbranched alkanes of at least 4 members (excludes halogenated alkanes) is 45. The molecule has 0 bridgehead atoms. The molecule has 8 unspecified atom stereocenters. The highest BCUT2D eigenvalue weighted by atomic mass is 16.7. The Balaban J connectivity index is 2.52. The van der Waals surface area contributed by atoms with Gasteiger partial charge >= 0.3 is 5.97 Å². The molecule has 93 heavy (non-hydrogen) atoms. The Bertz CT molecular complexity index is 1800. The van der Waals surface area contributed by atoms with Crippen LogP contribution in [0.3, 0.4) is 0 Å². The summed E-state index contributed by atoms with van der Waals surface area (Å²) in [6.45, 7) is 5.81. The molecule has 0 saturated carbocycles. The molecule has 1 heterocycles. The molecular formula is C82H149NO10. The molecule has 0 aromatic rings. The molecule has 542 valence electrons. The van der Waals surface area contributed by atoms with Gasteiger partial charge in [0.2, 0.25) is 5.91 Å². The Labute approximate surface area is 572 Å². The summed E-state index contributed by atoms with van der Waals surface area (Å²) in [7, 11) is 0. The number of carbonyl (C=O) groups excluding carboxylic acids is 2. The van der Waals surface area contributed by atoms with Crippen LogP contribution in [0.4, 0.5) is 0 Å². The normalized spacial score (nSPS) is 18.2. The van der Waals surface area contributed by atoms with E-state index < -0.39 is 67.4 Å². The van der Waals surface area contributed by atoms with Gasteiger partial charge in [-0.25, -0.2) is 0 Å². The van der Waals surface area contributed by atoms with Crippen molar-refractivity contribution in [2.75, 3.05) is 13.2 Å². The van der Waals surface area contributed by atoms with E-state index in [-0.39, 0.29) is 19.4 Å². The van der Waals surface area contributed by atoms with Crippen molar-refractivity contribution in [2.45, 2.75) is 423 Å². The number of carbonyl (C=O) groups is 2. The summed E-state index contributed by atoms with van der Waals surface area (Å²) in [6.07, 6.45) is 80.9. The molecule has 1 rings (SSSR count). The second-order valence-corrected chi connectivity index (χ2v) is 27.4. The van der Waals surface area contributed by atoms with Gasteiger partial charge in [0, 0.05) is 6.42 Å². The second kappa shape index (κ2) is 69.0. The zero-order valence-electron chi connectivity index (χ0n) is 60.6. The Morgan fingerprint density at radius 3 is 1.14 bits per heavy atom. The molecule has 1 saturated heterocycles.